The second-order valence-electron chi connectivity index (χ2n) is 12.6. The van der Waals surface area contributed by atoms with E-state index >= 15 is 0 Å². The summed E-state index contributed by atoms with van der Waals surface area (Å²) < 4.78 is 32.5. The van der Waals surface area contributed by atoms with Gasteiger partial charge in [-0.3, -0.25) is 18.6 Å². The number of aliphatic hydroxyl groups is 2. The average Bonchev–Trinajstić information content (AvgIpc) is 3.07. The molecule has 0 aliphatic carbocycles. The van der Waals surface area contributed by atoms with Crippen molar-refractivity contribution in [1.82, 2.24) is 0 Å². The highest BCUT2D eigenvalue weighted by Crippen LogP contribution is 2.43. The number of esters is 2. The normalized spacial score (nSPS) is 14.4. The lowest BCUT2D eigenvalue weighted by molar-refractivity contribution is -0.161. The molecular weight excluding hydrogens is 635 g/mol. The fraction of sp³-hybridized carbons (Fsp3) is 0.838. The third kappa shape index (κ3) is 33.0. The maximum Gasteiger partial charge on any atom is 0.472 e. The van der Waals surface area contributed by atoms with E-state index in [4.69, 9.17) is 19.1 Å². The molecule has 3 N–H and O–H groups in total. The van der Waals surface area contributed by atoms with Crippen LogP contribution >= 0.6 is 7.82 Å². The van der Waals surface area contributed by atoms with E-state index in [-0.39, 0.29) is 19.4 Å². The predicted octanol–water partition coefficient (Wildman–Crippen LogP) is 9.05. The molecule has 0 amide bonds. The Labute approximate surface area is 291 Å². The second-order valence-corrected chi connectivity index (χ2v) is 14.0. The van der Waals surface area contributed by atoms with Crippen LogP contribution in [-0.2, 0) is 32.7 Å². The number of aliphatic hydroxyl groups excluding tert-OH is 2. The summed E-state index contributed by atoms with van der Waals surface area (Å²) in [6.07, 6.45) is 30.1. The number of rotatable bonds is 35. The van der Waals surface area contributed by atoms with Crippen LogP contribution < -0.4 is 0 Å². The van der Waals surface area contributed by atoms with Gasteiger partial charge in [-0.05, 0) is 64.2 Å². The SMILES string of the molecule is CCCCC/C=C/CCCCCCCC(=O)OC[C@H](COP(=O)(O)OC[C@@H](O)CO)OC(=O)CCCCC/C=C/CCCCCCCC. The van der Waals surface area contributed by atoms with Gasteiger partial charge in [0.05, 0.1) is 19.8 Å². The minimum Gasteiger partial charge on any atom is -0.462 e. The molecule has 0 aliphatic rings. The zero-order valence-electron chi connectivity index (χ0n) is 30.2. The number of hydrogen-bond donors (Lipinski definition) is 3. The van der Waals surface area contributed by atoms with E-state index in [9.17, 15) is 24.2 Å². The van der Waals surface area contributed by atoms with Crippen molar-refractivity contribution in [2.24, 2.45) is 0 Å². The third-order valence-corrected chi connectivity index (χ3v) is 8.78. The Kier molecular flexibility index (Phi) is 32.8. The van der Waals surface area contributed by atoms with Crippen LogP contribution in [0.15, 0.2) is 24.3 Å². The van der Waals surface area contributed by atoms with Gasteiger partial charge in [-0.25, -0.2) is 4.57 Å². The summed E-state index contributed by atoms with van der Waals surface area (Å²) in [4.78, 5) is 34.7. The van der Waals surface area contributed by atoms with Crippen molar-refractivity contribution in [3.05, 3.63) is 24.3 Å². The van der Waals surface area contributed by atoms with Crippen LogP contribution in [0.3, 0.4) is 0 Å². The topological polar surface area (TPSA) is 149 Å². The first kappa shape index (κ1) is 46.5. The number of phosphoric ester groups is 1. The third-order valence-electron chi connectivity index (χ3n) is 7.83. The Morgan fingerprint density at radius 3 is 1.56 bits per heavy atom. The van der Waals surface area contributed by atoms with Crippen LogP contribution in [0.1, 0.15) is 162 Å². The number of carbonyl (C=O) groups excluding carboxylic acids is 2. The molecule has 0 aromatic carbocycles. The lowest BCUT2D eigenvalue weighted by atomic mass is 10.1. The van der Waals surface area contributed by atoms with Gasteiger partial charge < -0.3 is 24.6 Å². The maximum atomic E-state index is 12.5. The molecular formula is C37H69O10P. The molecule has 11 heteroatoms. The molecule has 0 bridgehead atoms. The Morgan fingerprint density at radius 2 is 1.02 bits per heavy atom. The monoisotopic (exact) mass is 704 g/mol. The molecule has 0 spiro atoms. The largest absolute Gasteiger partial charge is 0.472 e. The predicted molar refractivity (Wildman–Crippen MR) is 191 cm³/mol. The Hall–Kier alpha value is -1.55. The first-order valence-electron chi connectivity index (χ1n) is 18.8. The molecule has 3 atom stereocenters. The molecule has 48 heavy (non-hydrogen) atoms. The first-order valence-corrected chi connectivity index (χ1v) is 20.3. The number of allylic oxidation sites excluding steroid dienone is 4. The molecule has 0 rings (SSSR count). The molecule has 0 aromatic rings. The summed E-state index contributed by atoms with van der Waals surface area (Å²) in [6, 6.07) is 0. The van der Waals surface area contributed by atoms with Gasteiger partial charge in [0.2, 0.25) is 0 Å². The van der Waals surface area contributed by atoms with E-state index in [2.05, 4.69) is 42.7 Å². The van der Waals surface area contributed by atoms with Gasteiger partial charge in [0.15, 0.2) is 6.10 Å². The fourth-order valence-corrected chi connectivity index (χ4v) is 5.65. The first-order chi connectivity index (χ1) is 23.2. The van der Waals surface area contributed by atoms with Crippen LogP contribution in [0.25, 0.3) is 0 Å². The van der Waals surface area contributed by atoms with Gasteiger partial charge in [0, 0.05) is 12.8 Å². The number of unbranched alkanes of at least 4 members (excludes halogenated alkanes) is 17. The summed E-state index contributed by atoms with van der Waals surface area (Å²) in [5.74, 6) is -0.955. The molecule has 1 unspecified atom stereocenters. The van der Waals surface area contributed by atoms with E-state index < -0.39 is 51.8 Å². The molecule has 0 radical (unpaired) electrons. The van der Waals surface area contributed by atoms with Crippen LogP contribution in [-0.4, -0.2) is 65.7 Å². The molecule has 0 aliphatic heterocycles. The van der Waals surface area contributed by atoms with Gasteiger partial charge >= 0.3 is 19.8 Å². The van der Waals surface area contributed by atoms with Crippen LogP contribution in [0.4, 0.5) is 0 Å². The van der Waals surface area contributed by atoms with Crippen molar-refractivity contribution in [3.8, 4) is 0 Å². The highest BCUT2D eigenvalue weighted by molar-refractivity contribution is 7.47. The van der Waals surface area contributed by atoms with E-state index in [1.54, 1.807) is 0 Å². The summed E-state index contributed by atoms with van der Waals surface area (Å²) in [5, 5.41) is 18.2. The van der Waals surface area contributed by atoms with Crippen molar-refractivity contribution in [3.63, 3.8) is 0 Å². The quantitative estimate of drug-likeness (QED) is 0.0252. The smallest absolute Gasteiger partial charge is 0.462 e. The highest BCUT2D eigenvalue weighted by Gasteiger charge is 2.27. The van der Waals surface area contributed by atoms with Crippen LogP contribution in [0.2, 0.25) is 0 Å². The standard InChI is InChI=1S/C37H69O10P/c1-3-5-7-9-11-13-15-17-19-21-23-25-27-29-37(41)47-35(33-46-48(42,43)45-31-34(39)30-38)32-44-36(40)28-26-24-22-20-18-16-14-12-10-8-6-4-2/h12,14,17,19,34-35,38-39H,3-11,13,15-16,18,20-33H2,1-2H3,(H,42,43)/b14-12+,19-17+/t34-,35+/m0/s1. The Morgan fingerprint density at radius 1 is 0.604 bits per heavy atom. The van der Waals surface area contributed by atoms with Gasteiger partial charge in [-0.15, -0.1) is 0 Å². The van der Waals surface area contributed by atoms with Crippen molar-refractivity contribution < 1.29 is 47.8 Å². The summed E-state index contributed by atoms with van der Waals surface area (Å²) in [7, 11) is -4.61. The molecule has 10 nitrogen and oxygen atoms in total. The van der Waals surface area contributed by atoms with Crippen LogP contribution in [0, 0.1) is 0 Å². The summed E-state index contributed by atoms with van der Waals surface area (Å²) >= 11 is 0. The lowest BCUT2D eigenvalue weighted by Crippen LogP contribution is -2.29. The number of carbonyl (C=O) groups is 2. The molecule has 0 heterocycles. The molecule has 282 valence electrons. The van der Waals surface area contributed by atoms with E-state index in [1.807, 2.05) is 0 Å². The van der Waals surface area contributed by atoms with Gasteiger partial charge in [0.1, 0.15) is 12.7 Å². The van der Waals surface area contributed by atoms with Gasteiger partial charge in [-0.1, -0.05) is 109 Å². The molecule has 0 saturated heterocycles. The van der Waals surface area contributed by atoms with Crippen molar-refractivity contribution >= 4 is 19.8 Å². The molecule has 0 fully saturated rings. The van der Waals surface area contributed by atoms with E-state index in [0.29, 0.717) is 12.8 Å². The van der Waals surface area contributed by atoms with Gasteiger partial charge in [-0.2, -0.15) is 0 Å². The highest BCUT2D eigenvalue weighted by atomic mass is 31.2. The maximum absolute atomic E-state index is 12.5. The molecule has 0 aromatic heterocycles. The second kappa shape index (κ2) is 33.9. The average molecular weight is 705 g/mol. The molecule has 0 saturated carbocycles. The Bertz CT molecular complexity index is 863. The van der Waals surface area contributed by atoms with E-state index in [1.165, 1.54) is 57.8 Å². The van der Waals surface area contributed by atoms with Crippen molar-refractivity contribution in [1.29, 1.82) is 0 Å². The van der Waals surface area contributed by atoms with Gasteiger partial charge in [0.25, 0.3) is 0 Å². The summed E-state index contributed by atoms with van der Waals surface area (Å²) in [6.45, 7) is 2.30. The number of ether oxygens (including phenoxy) is 2. The Balaban J connectivity index is 4.42. The lowest BCUT2D eigenvalue weighted by Gasteiger charge is -2.20. The van der Waals surface area contributed by atoms with Crippen molar-refractivity contribution in [2.45, 2.75) is 174 Å². The minimum absolute atomic E-state index is 0.163. The zero-order valence-corrected chi connectivity index (χ0v) is 31.1. The summed E-state index contributed by atoms with van der Waals surface area (Å²) in [5.41, 5.74) is 0. The number of phosphoric acid groups is 1. The number of hydrogen-bond acceptors (Lipinski definition) is 9. The van der Waals surface area contributed by atoms with Crippen LogP contribution in [0.5, 0.6) is 0 Å². The van der Waals surface area contributed by atoms with Crippen molar-refractivity contribution in [2.75, 3.05) is 26.4 Å². The van der Waals surface area contributed by atoms with E-state index in [0.717, 1.165) is 64.2 Å². The minimum atomic E-state index is -4.61. The zero-order chi connectivity index (χ0) is 35.6. The fourth-order valence-electron chi connectivity index (χ4n) is 4.86.